The minimum Gasteiger partial charge on any atom is -0.376 e. The van der Waals surface area contributed by atoms with Crippen molar-refractivity contribution in [2.24, 2.45) is 5.92 Å². The van der Waals surface area contributed by atoms with Gasteiger partial charge in [0, 0.05) is 50.8 Å². The van der Waals surface area contributed by atoms with Crippen molar-refractivity contribution in [3.63, 3.8) is 0 Å². The molecular formula is C26H35FN4O4. The molecule has 1 N–H and O–H groups in total. The van der Waals surface area contributed by atoms with Gasteiger partial charge in [-0.15, -0.1) is 0 Å². The minimum absolute atomic E-state index is 0.00498. The second kappa shape index (κ2) is 10.6. The Kier molecular flexibility index (Phi) is 7.34. The molecule has 3 saturated heterocycles. The number of carbonyl (C=O) groups excluding carboxylic acids is 3. The fraction of sp³-hybridized carbons (Fsp3) is 0.654. The topological polar surface area (TPSA) is 82.2 Å². The standard InChI is InChI=1S/C26H35FN4O4/c27-20-8-6-19(7-9-20)25(33)31-16-21(15-23(31)26(34)29-12-2-10-28-11-13-29)30(24(32)18-4-5-18)17-22-3-1-14-35-22/h6-9,18,21-23,28H,1-5,10-17H2. The first-order valence-corrected chi connectivity index (χ1v) is 13.0. The molecule has 9 heteroatoms. The summed E-state index contributed by atoms with van der Waals surface area (Å²) in [6.07, 6.45) is 4.98. The van der Waals surface area contributed by atoms with Gasteiger partial charge in [-0.25, -0.2) is 4.39 Å². The van der Waals surface area contributed by atoms with E-state index in [4.69, 9.17) is 4.74 Å². The van der Waals surface area contributed by atoms with Crippen LogP contribution < -0.4 is 5.32 Å². The number of nitrogens with one attached hydrogen (secondary N) is 1. The van der Waals surface area contributed by atoms with Gasteiger partial charge < -0.3 is 24.8 Å². The zero-order valence-electron chi connectivity index (χ0n) is 20.2. The zero-order valence-corrected chi connectivity index (χ0v) is 20.2. The summed E-state index contributed by atoms with van der Waals surface area (Å²) < 4.78 is 19.3. The summed E-state index contributed by atoms with van der Waals surface area (Å²) in [5.41, 5.74) is 0.349. The van der Waals surface area contributed by atoms with E-state index in [2.05, 4.69) is 5.32 Å². The molecule has 5 rings (SSSR count). The fourth-order valence-electron chi connectivity index (χ4n) is 5.52. The Hall–Kier alpha value is -2.52. The first kappa shape index (κ1) is 24.2. The molecule has 3 aliphatic heterocycles. The Bertz CT molecular complexity index is 924. The van der Waals surface area contributed by atoms with Crippen molar-refractivity contribution in [1.29, 1.82) is 0 Å². The number of halogens is 1. The number of carbonyl (C=O) groups is 3. The van der Waals surface area contributed by atoms with Gasteiger partial charge in [-0.1, -0.05) is 0 Å². The van der Waals surface area contributed by atoms with Crippen molar-refractivity contribution in [3.05, 3.63) is 35.6 Å². The largest absolute Gasteiger partial charge is 0.376 e. The second-order valence-corrected chi connectivity index (χ2v) is 10.2. The number of ether oxygens (including phenoxy) is 1. The molecule has 35 heavy (non-hydrogen) atoms. The number of nitrogens with zero attached hydrogens (tertiary/aromatic N) is 3. The molecule has 1 aliphatic carbocycles. The Labute approximate surface area is 205 Å². The van der Waals surface area contributed by atoms with Crippen LogP contribution in [0.3, 0.4) is 0 Å². The fourth-order valence-corrected chi connectivity index (χ4v) is 5.52. The number of benzene rings is 1. The van der Waals surface area contributed by atoms with Gasteiger partial charge in [0.05, 0.1) is 12.1 Å². The van der Waals surface area contributed by atoms with Crippen molar-refractivity contribution in [3.8, 4) is 0 Å². The quantitative estimate of drug-likeness (QED) is 0.661. The summed E-state index contributed by atoms with van der Waals surface area (Å²) in [6, 6.07) is 4.56. The molecule has 3 heterocycles. The van der Waals surface area contributed by atoms with E-state index >= 15 is 0 Å². The lowest BCUT2D eigenvalue weighted by molar-refractivity contribution is -0.137. The van der Waals surface area contributed by atoms with E-state index in [1.165, 1.54) is 24.3 Å². The third kappa shape index (κ3) is 5.51. The van der Waals surface area contributed by atoms with Crippen molar-refractivity contribution < 1.29 is 23.5 Å². The Morgan fingerprint density at radius 1 is 1.06 bits per heavy atom. The molecule has 1 aromatic carbocycles. The number of amides is 3. The van der Waals surface area contributed by atoms with Crippen LogP contribution >= 0.6 is 0 Å². The van der Waals surface area contributed by atoms with E-state index in [0.29, 0.717) is 44.8 Å². The van der Waals surface area contributed by atoms with Gasteiger partial charge >= 0.3 is 0 Å². The van der Waals surface area contributed by atoms with Crippen LogP contribution in [-0.2, 0) is 14.3 Å². The summed E-state index contributed by atoms with van der Waals surface area (Å²) in [6.45, 7) is 4.34. The molecule has 4 aliphatic rings. The molecule has 3 amide bonds. The summed E-state index contributed by atoms with van der Waals surface area (Å²) in [4.78, 5) is 45.9. The number of likely N-dealkylation sites (tertiary alicyclic amines) is 1. The number of hydrogen-bond acceptors (Lipinski definition) is 5. The van der Waals surface area contributed by atoms with Crippen molar-refractivity contribution in [2.45, 2.75) is 56.7 Å². The SMILES string of the molecule is O=C(C1CC(N(CC2CCCO2)C(=O)C2CC2)CN1C(=O)c1ccc(F)cc1)N1CCCNCC1. The Morgan fingerprint density at radius 3 is 2.57 bits per heavy atom. The molecule has 190 valence electrons. The predicted molar refractivity (Wildman–Crippen MR) is 127 cm³/mol. The van der Waals surface area contributed by atoms with Crippen LogP contribution in [0.1, 0.15) is 48.9 Å². The minimum atomic E-state index is -0.644. The van der Waals surface area contributed by atoms with Crippen LogP contribution in [0.25, 0.3) is 0 Å². The highest BCUT2D eigenvalue weighted by Gasteiger charge is 2.47. The van der Waals surface area contributed by atoms with E-state index in [0.717, 1.165) is 45.2 Å². The van der Waals surface area contributed by atoms with Crippen molar-refractivity contribution >= 4 is 17.7 Å². The van der Waals surface area contributed by atoms with E-state index in [1.807, 2.05) is 9.80 Å². The van der Waals surface area contributed by atoms with E-state index in [-0.39, 0.29) is 35.8 Å². The maximum atomic E-state index is 13.7. The highest BCUT2D eigenvalue weighted by molar-refractivity contribution is 5.98. The predicted octanol–water partition coefficient (Wildman–Crippen LogP) is 1.65. The molecule has 1 saturated carbocycles. The second-order valence-electron chi connectivity index (χ2n) is 10.2. The zero-order chi connectivity index (χ0) is 24.4. The summed E-state index contributed by atoms with van der Waals surface area (Å²) in [7, 11) is 0. The van der Waals surface area contributed by atoms with Crippen molar-refractivity contribution in [2.75, 3.05) is 45.9 Å². The van der Waals surface area contributed by atoms with Crippen LogP contribution in [0, 0.1) is 11.7 Å². The molecule has 0 aromatic heterocycles. The van der Waals surface area contributed by atoms with Crippen LogP contribution in [0.5, 0.6) is 0 Å². The van der Waals surface area contributed by atoms with Crippen LogP contribution in [0.15, 0.2) is 24.3 Å². The Balaban J connectivity index is 1.40. The molecule has 0 radical (unpaired) electrons. The number of rotatable bonds is 6. The van der Waals surface area contributed by atoms with Gasteiger partial charge in [0.2, 0.25) is 11.8 Å². The molecule has 1 aromatic rings. The average Bonchev–Trinajstić information content (AvgIpc) is 3.52. The lowest BCUT2D eigenvalue weighted by Gasteiger charge is -2.31. The third-order valence-corrected chi connectivity index (χ3v) is 7.64. The molecule has 0 spiro atoms. The van der Waals surface area contributed by atoms with Crippen LogP contribution in [0.4, 0.5) is 4.39 Å². The van der Waals surface area contributed by atoms with E-state index in [1.54, 1.807) is 4.90 Å². The normalized spacial score (nSPS) is 27.1. The maximum Gasteiger partial charge on any atom is 0.254 e. The lowest BCUT2D eigenvalue weighted by atomic mass is 10.1. The highest BCUT2D eigenvalue weighted by atomic mass is 19.1. The van der Waals surface area contributed by atoms with Gasteiger partial charge in [0.1, 0.15) is 11.9 Å². The monoisotopic (exact) mass is 486 g/mol. The maximum absolute atomic E-state index is 13.7. The van der Waals surface area contributed by atoms with Gasteiger partial charge in [-0.3, -0.25) is 14.4 Å². The van der Waals surface area contributed by atoms with E-state index in [9.17, 15) is 18.8 Å². The Morgan fingerprint density at radius 2 is 1.86 bits per heavy atom. The average molecular weight is 487 g/mol. The van der Waals surface area contributed by atoms with Crippen LogP contribution in [-0.4, -0.2) is 96.5 Å². The smallest absolute Gasteiger partial charge is 0.254 e. The first-order chi connectivity index (χ1) is 17.0. The van der Waals surface area contributed by atoms with E-state index < -0.39 is 11.9 Å². The summed E-state index contributed by atoms with van der Waals surface area (Å²) >= 11 is 0. The first-order valence-electron chi connectivity index (χ1n) is 13.0. The third-order valence-electron chi connectivity index (χ3n) is 7.64. The molecule has 0 bridgehead atoms. The van der Waals surface area contributed by atoms with Crippen LogP contribution in [0.2, 0.25) is 0 Å². The molecule has 3 unspecified atom stereocenters. The van der Waals surface area contributed by atoms with Gasteiger partial charge in [0.15, 0.2) is 0 Å². The molecule has 4 fully saturated rings. The summed E-state index contributed by atoms with van der Waals surface area (Å²) in [5, 5.41) is 3.31. The van der Waals surface area contributed by atoms with Gasteiger partial charge in [0.25, 0.3) is 5.91 Å². The molecular weight excluding hydrogens is 451 g/mol. The lowest BCUT2D eigenvalue weighted by Crippen LogP contribution is -2.48. The van der Waals surface area contributed by atoms with Gasteiger partial charge in [-0.05, 0) is 69.3 Å². The van der Waals surface area contributed by atoms with Gasteiger partial charge in [-0.2, -0.15) is 0 Å². The molecule has 8 nitrogen and oxygen atoms in total. The molecule has 3 atom stereocenters. The summed E-state index contributed by atoms with van der Waals surface area (Å²) in [5.74, 6) is -0.614. The number of hydrogen-bond donors (Lipinski definition) is 1. The highest BCUT2D eigenvalue weighted by Crippen LogP contribution is 2.35. The van der Waals surface area contributed by atoms with Crippen molar-refractivity contribution in [1.82, 2.24) is 20.0 Å².